The average molecular weight is 689 g/mol. The topological polar surface area (TPSA) is 142 Å². The highest BCUT2D eigenvalue weighted by Gasteiger charge is 2.45. The van der Waals surface area contributed by atoms with Gasteiger partial charge in [0, 0.05) is 25.5 Å². The van der Waals surface area contributed by atoms with Crippen LogP contribution in [0.1, 0.15) is 66.8 Å². The Kier molecular flexibility index (Phi) is 12.8. The molecule has 0 radical (unpaired) electrons. The van der Waals surface area contributed by atoms with Crippen molar-refractivity contribution in [1.82, 2.24) is 0 Å². The van der Waals surface area contributed by atoms with Gasteiger partial charge >= 0.3 is 11.9 Å². The number of esters is 2. The minimum Gasteiger partial charge on any atom is -0.493 e. The first-order valence-corrected chi connectivity index (χ1v) is 17.5. The van der Waals surface area contributed by atoms with Gasteiger partial charge in [-0.05, 0) is 57.0 Å². The van der Waals surface area contributed by atoms with E-state index in [-0.39, 0.29) is 37.2 Å². The number of rotatable bonds is 11. The molecule has 13 heteroatoms. The summed E-state index contributed by atoms with van der Waals surface area (Å²) in [7, 11) is -2.11. The molecule has 0 aromatic heterocycles. The Labute approximate surface area is 282 Å². The molecule has 0 spiro atoms. The fourth-order valence-electron chi connectivity index (χ4n) is 5.15. The Morgan fingerprint density at radius 3 is 2.48 bits per heavy atom. The van der Waals surface area contributed by atoms with Crippen LogP contribution < -0.4 is 9.47 Å². The third-order valence-corrected chi connectivity index (χ3v) is 8.19. The highest BCUT2D eigenvalue weighted by molar-refractivity contribution is 7.85. The molecule has 2 aliphatic heterocycles. The molecular weight excluding hydrogens is 644 g/mol. The first-order valence-electron chi connectivity index (χ1n) is 15.7. The summed E-state index contributed by atoms with van der Waals surface area (Å²) in [6.07, 6.45) is 6.22. The molecule has 1 fully saturated rings. The van der Waals surface area contributed by atoms with Gasteiger partial charge < -0.3 is 33.2 Å². The highest BCUT2D eigenvalue weighted by atomic mass is 32.2. The van der Waals surface area contributed by atoms with Crippen molar-refractivity contribution < 1.29 is 55.3 Å². The Morgan fingerprint density at radius 1 is 1.02 bits per heavy atom. The van der Waals surface area contributed by atoms with E-state index in [2.05, 4.69) is 0 Å². The van der Waals surface area contributed by atoms with Gasteiger partial charge in [-0.1, -0.05) is 43.4 Å². The Hall–Kier alpha value is -3.75. The Morgan fingerprint density at radius 2 is 1.77 bits per heavy atom. The molecule has 0 amide bonds. The molecule has 0 aliphatic carbocycles. The monoisotopic (exact) mass is 688 g/mol. The molecule has 48 heavy (non-hydrogen) atoms. The lowest BCUT2D eigenvalue weighted by atomic mass is 9.98. The summed E-state index contributed by atoms with van der Waals surface area (Å²) >= 11 is 0. The van der Waals surface area contributed by atoms with Gasteiger partial charge in [-0.3, -0.25) is 4.18 Å². The maximum absolute atomic E-state index is 13.7. The van der Waals surface area contributed by atoms with Gasteiger partial charge in [0.15, 0.2) is 12.6 Å². The summed E-state index contributed by atoms with van der Waals surface area (Å²) in [5, 5.41) is 0. The smallest absolute Gasteiger partial charge is 0.342 e. The molecule has 1 saturated heterocycles. The molecule has 0 bridgehead atoms. The number of cyclic esters (lactones) is 1. The maximum atomic E-state index is 13.7. The first-order chi connectivity index (χ1) is 22.8. The number of benzene rings is 2. The lowest BCUT2D eigenvalue weighted by Crippen LogP contribution is -2.37. The van der Waals surface area contributed by atoms with Crippen LogP contribution in [0.15, 0.2) is 60.7 Å². The van der Waals surface area contributed by atoms with Crippen molar-refractivity contribution in [2.45, 2.75) is 70.7 Å². The summed E-state index contributed by atoms with van der Waals surface area (Å²) in [6.45, 7) is 7.21. The predicted molar refractivity (Wildman–Crippen MR) is 176 cm³/mol. The number of hydrogen-bond donors (Lipinski definition) is 0. The van der Waals surface area contributed by atoms with E-state index in [1.165, 1.54) is 7.11 Å². The van der Waals surface area contributed by atoms with Crippen LogP contribution in [0.4, 0.5) is 0 Å². The summed E-state index contributed by atoms with van der Waals surface area (Å²) in [4.78, 5) is 26.9. The normalized spacial score (nSPS) is 24.8. The van der Waals surface area contributed by atoms with Crippen LogP contribution in [0.25, 0.3) is 6.08 Å². The van der Waals surface area contributed by atoms with E-state index in [1.807, 2.05) is 25.1 Å². The van der Waals surface area contributed by atoms with Gasteiger partial charge in [0.05, 0.1) is 31.1 Å². The number of fused-ring (bicyclic) bond motifs is 2. The number of carbonyl (C=O) groups excluding carboxylic acids is 2. The molecule has 2 aliphatic rings. The van der Waals surface area contributed by atoms with E-state index in [0.29, 0.717) is 29.7 Å². The quantitative estimate of drug-likeness (QED) is 0.0992. The van der Waals surface area contributed by atoms with Gasteiger partial charge in [0.25, 0.3) is 10.1 Å². The number of ether oxygens (including phenoxy) is 7. The summed E-state index contributed by atoms with van der Waals surface area (Å²) in [5.41, 5.74) is 1.02. The lowest BCUT2D eigenvalue weighted by molar-refractivity contribution is -0.152. The highest BCUT2D eigenvalue weighted by Crippen LogP contribution is 2.36. The van der Waals surface area contributed by atoms with E-state index in [0.717, 1.165) is 6.26 Å². The fraction of sp³-hybridized carbons (Fsp3) is 0.486. The van der Waals surface area contributed by atoms with E-state index >= 15 is 0 Å². The van der Waals surface area contributed by atoms with Crippen LogP contribution in [0.5, 0.6) is 11.5 Å². The summed E-state index contributed by atoms with van der Waals surface area (Å²) < 4.78 is 68.7. The van der Waals surface area contributed by atoms with Crippen molar-refractivity contribution >= 4 is 28.1 Å². The second-order valence-corrected chi connectivity index (χ2v) is 13.7. The number of methoxy groups -OCH3 is 1. The SMILES string of the molecule is COCOc1cc(OCCCOS(C)(=O)=O)cc2c1C(=O)O[C@@H](C)[C@H](C)/C=C\C(OC(=O)c1ccccc1)[C@H]1OC(C)(C)O[C@H]1CC=C2. The zero-order chi connectivity index (χ0) is 34.9. The van der Waals surface area contributed by atoms with Gasteiger partial charge in [-0.2, -0.15) is 8.42 Å². The second kappa shape index (κ2) is 16.6. The van der Waals surface area contributed by atoms with E-state index in [4.69, 9.17) is 37.3 Å². The van der Waals surface area contributed by atoms with Crippen LogP contribution >= 0.6 is 0 Å². The molecule has 0 N–H and O–H groups in total. The molecule has 2 aromatic rings. The third kappa shape index (κ3) is 10.6. The second-order valence-electron chi connectivity index (χ2n) is 12.0. The van der Waals surface area contributed by atoms with Crippen molar-refractivity contribution in [1.29, 1.82) is 0 Å². The van der Waals surface area contributed by atoms with E-state index in [9.17, 15) is 18.0 Å². The van der Waals surface area contributed by atoms with Crippen molar-refractivity contribution in [3.05, 3.63) is 77.4 Å². The van der Waals surface area contributed by atoms with E-state index < -0.39 is 52.3 Å². The van der Waals surface area contributed by atoms with Gasteiger partial charge in [-0.25, -0.2) is 9.59 Å². The van der Waals surface area contributed by atoms with Crippen LogP contribution in [-0.4, -0.2) is 83.9 Å². The summed E-state index contributed by atoms with van der Waals surface area (Å²) in [5.74, 6) is -1.82. The minimum absolute atomic E-state index is 0.0455. The molecule has 2 aromatic carbocycles. The predicted octanol–water partition coefficient (Wildman–Crippen LogP) is 5.31. The minimum atomic E-state index is -3.57. The van der Waals surface area contributed by atoms with Crippen molar-refractivity contribution in [2.75, 3.05) is 33.4 Å². The third-order valence-electron chi connectivity index (χ3n) is 7.60. The molecule has 5 atom stereocenters. The van der Waals surface area contributed by atoms with Gasteiger partial charge in [0.1, 0.15) is 35.4 Å². The van der Waals surface area contributed by atoms with Crippen LogP contribution in [0, 0.1) is 5.92 Å². The van der Waals surface area contributed by atoms with Crippen molar-refractivity contribution in [3.63, 3.8) is 0 Å². The number of carbonyl (C=O) groups is 2. The van der Waals surface area contributed by atoms with E-state index in [1.54, 1.807) is 69.3 Å². The molecule has 12 nitrogen and oxygen atoms in total. The zero-order valence-electron chi connectivity index (χ0n) is 28.1. The molecule has 0 saturated carbocycles. The Bertz CT molecular complexity index is 1570. The van der Waals surface area contributed by atoms with Crippen LogP contribution in [-0.2, 0) is 38.0 Å². The first kappa shape index (κ1) is 37.1. The van der Waals surface area contributed by atoms with Crippen molar-refractivity contribution in [3.8, 4) is 11.5 Å². The summed E-state index contributed by atoms with van der Waals surface area (Å²) in [6, 6.07) is 11.9. The average Bonchev–Trinajstić information content (AvgIpc) is 3.34. The largest absolute Gasteiger partial charge is 0.493 e. The molecule has 4 rings (SSSR count). The standard InChI is InChI=1S/C35H44O12S/c1-23-16-17-28(45-33(36)25-12-8-7-9-13-25)32-29(46-35(3,4)47-32)15-10-14-26-20-27(41-18-11-19-43-48(6,38)39)21-30(42-22-40-5)31(26)34(37)44-24(23)2/h7-10,12-14,16-17,20-21,23-24,28-29,32H,11,15,18-19,22H2,1-6H3/b14-10?,17-16-/t23-,24+,28?,29+,32-/m1/s1. The van der Waals surface area contributed by atoms with Crippen molar-refractivity contribution in [2.24, 2.45) is 5.92 Å². The molecule has 262 valence electrons. The van der Waals surface area contributed by atoms with Gasteiger partial charge in [-0.15, -0.1) is 0 Å². The van der Waals surface area contributed by atoms with Crippen LogP contribution in [0.2, 0.25) is 0 Å². The fourth-order valence-corrected chi connectivity index (χ4v) is 5.57. The van der Waals surface area contributed by atoms with Crippen LogP contribution in [0.3, 0.4) is 0 Å². The number of hydrogen-bond acceptors (Lipinski definition) is 12. The lowest BCUT2D eigenvalue weighted by Gasteiger charge is -2.25. The zero-order valence-corrected chi connectivity index (χ0v) is 28.9. The Balaban J connectivity index is 1.69. The van der Waals surface area contributed by atoms with Gasteiger partial charge in [0.2, 0.25) is 0 Å². The maximum Gasteiger partial charge on any atom is 0.342 e. The molecular formula is C35H44O12S. The molecule has 1 unspecified atom stereocenters. The molecule has 2 heterocycles.